The first-order valence-corrected chi connectivity index (χ1v) is 6.94. The highest BCUT2D eigenvalue weighted by Gasteiger charge is 2.28. The van der Waals surface area contributed by atoms with Gasteiger partial charge in [-0.15, -0.1) is 0 Å². The van der Waals surface area contributed by atoms with E-state index in [9.17, 15) is 5.11 Å². The van der Waals surface area contributed by atoms with Gasteiger partial charge in [0.2, 0.25) is 0 Å². The standard InChI is InChI=1S/C14H24N2O/c1-3-11-5-7-12(8-6-11)14(17)13-9-15-10-16(13)4-2/h9-12,14,17H,3-8H2,1-2H3. The van der Waals surface area contributed by atoms with Gasteiger partial charge in [-0.2, -0.15) is 0 Å². The second-order valence-corrected chi connectivity index (χ2v) is 5.24. The van der Waals surface area contributed by atoms with Gasteiger partial charge in [-0.1, -0.05) is 26.2 Å². The lowest BCUT2D eigenvalue weighted by Crippen LogP contribution is -2.21. The summed E-state index contributed by atoms with van der Waals surface area (Å²) in [6.07, 6.45) is 9.47. The minimum atomic E-state index is -0.324. The minimum Gasteiger partial charge on any atom is -0.387 e. The fourth-order valence-corrected chi connectivity index (χ4v) is 3.00. The minimum absolute atomic E-state index is 0.324. The summed E-state index contributed by atoms with van der Waals surface area (Å²) in [7, 11) is 0. The van der Waals surface area contributed by atoms with E-state index < -0.39 is 0 Å². The van der Waals surface area contributed by atoms with Crippen LogP contribution in [0, 0.1) is 11.8 Å². The van der Waals surface area contributed by atoms with Gasteiger partial charge in [0.25, 0.3) is 0 Å². The van der Waals surface area contributed by atoms with Crippen LogP contribution in [0.25, 0.3) is 0 Å². The summed E-state index contributed by atoms with van der Waals surface area (Å²) in [6.45, 7) is 5.25. The average Bonchev–Trinajstić information content (AvgIpc) is 2.86. The Bertz CT molecular complexity index is 340. The fourth-order valence-electron chi connectivity index (χ4n) is 3.00. The van der Waals surface area contributed by atoms with Gasteiger partial charge in [0.1, 0.15) is 0 Å². The number of rotatable bonds is 4. The highest BCUT2D eigenvalue weighted by Crippen LogP contribution is 2.37. The summed E-state index contributed by atoms with van der Waals surface area (Å²) in [5, 5.41) is 10.4. The van der Waals surface area contributed by atoms with E-state index in [1.165, 1.54) is 19.3 Å². The first-order chi connectivity index (χ1) is 8.26. The van der Waals surface area contributed by atoms with E-state index in [0.717, 1.165) is 31.0 Å². The van der Waals surface area contributed by atoms with Crippen LogP contribution in [-0.2, 0) is 6.54 Å². The second-order valence-electron chi connectivity index (χ2n) is 5.24. The molecular weight excluding hydrogens is 212 g/mol. The van der Waals surface area contributed by atoms with Crippen molar-refractivity contribution in [3.05, 3.63) is 18.2 Å². The van der Waals surface area contributed by atoms with Crippen LogP contribution in [0.1, 0.15) is 57.7 Å². The van der Waals surface area contributed by atoms with E-state index in [2.05, 4.69) is 23.4 Å². The molecule has 1 fully saturated rings. The summed E-state index contributed by atoms with van der Waals surface area (Å²) in [4.78, 5) is 4.14. The van der Waals surface area contributed by atoms with E-state index in [1.54, 1.807) is 0 Å². The molecule has 3 nitrogen and oxygen atoms in total. The van der Waals surface area contributed by atoms with Crippen LogP contribution in [0.4, 0.5) is 0 Å². The summed E-state index contributed by atoms with van der Waals surface area (Å²) in [5.74, 6) is 1.31. The molecule has 0 radical (unpaired) electrons. The van der Waals surface area contributed by atoms with Crippen molar-refractivity contribution in [3.63, 3.8) is 0 Å². The van der Waals surface area contributed by atoms with E-state index in [4.69, 9.17) is 0 Å². The lowest BCUT2D eigenvalue weighted by molar-refractivity contribution is 0.0667. The third kappa shape index (κ3) is 2.71. The largest absolute Gasteiger partial charge is 0.387 e. The molecule has 3 heteroatoms. The third-order valence-electron chi connectivity index (χ3n) is 4.30. The Morgan fingerprint density at radius 3 is 2.65 bits per heavy atom. The lowest BCUT2D eigenvalue weighted by Gasteiger charge is -2.31. The predicted octanol–water partition coefficient (Wildman–Crippen LogP) is 3.15. The Labute approximate surface area is 104 Å². The van der Waals surface area contributed by atoms with Crippen LogP contribution >= 0.6 is 0 Å². The third-order valence-corrected chi connectivity index (χ3v) is 4.30. The quantitative estimate of drug-likeness (QED) is 0.872. The molecule has 17 heavy (non-hydrogen) atoms. The number of imidazole rings is 1. The first kappa shape index (κ1) is 12.6. The van der Waals surface area contributed by atoms with Gasteiger partial charge in [0, 0.05) is 6.54 Å². The molecule has 0 aliphatic heterocycles. The van der Waals surface area contributed by atoms with Gasteiger partial charge in [0.05, 0.1) is 24.3 Å². The van der Waals surface area contributed by atoms with Gasteiger partial charge in [-0.05, 0) is 31.6 Å². The topological polar surface area (TPSA) is 38.1 Å². The number of aliphatic hydroxyl groups excluding tert-OH is 1. The fraction of sp³-hybridized carbons (Fsp3) is 0.786. The van der Waals surface area contributed by atoms with Crippen molar-refractivity contribution >= 4 is 0 Å². The summed E-state index contributed by atoms with van der Waals surface area (Å²) in [5.41, 5.74) is 0.993. The Morgan fingerprint density at radius 1 is 1.35 bits per heavy atom. The van der Waals surface area contributed by atoms with Crippen LogP contribution in [0.2, 0.25) is 0 Å². The summed E-state index contributed by atoms with van der Waals surface area (Å²) >= 11 is 0. The number of aryl methyl sites for hydroxylation is 1. The number of nitrogens with zero attached hydrogens (tertiary/aromatic N) is 2. The van der Waals surface area contributed by atoms with E-state index in [-0.39, 0.29) is 6.10 Å². The average molecular weight is 236 g/mol. The molecule has 1 unspecified atom stereocenters. The highest BCUT2D eigenvalue weighted by molar-refractivity contribution is 5.04. The van der Waals surface area contributed by atoms with E-state index >= 15 is 0 Å². The molecule has 1 aliphatic carbocycles. The van der Waals surface area contributed by atoms with Crippen molar-refractivity contribution in [2.45, 2.75) is 58.6 Å². The number of aromatic nitrogens is 2. The molecule has 1 heterocycles. The molecule has 1 N–H and O–H groups in total. The van der Waals surface area contributed by atoms with Gasteiger partial charge < -0.3 is 9.67 Å². The normalized spacial score (nSPS) is 27.0. The van der Waals surface area contributed by atoms with Crippen molar-refractivity contribution in [2.24, 2.45) is 11.8 Å². The molecule has 0 amide bonds. The van der Waals surface area contributed by atoms with E-state index in [1.807, 2.05) is 12.5 Å². The highest BCUT2D eigenvalue weighted by atomic mass is 16.3. The first-order valence-electron chi connectivity index (χ1n) is 6.94. The Balaban J connectivity index is 1.99. The molecule has 1 atom stereocenters. The molecular formula is C14H24N2O. The van der Waals surface area contributed by atoms with Gasteiger partial charge in [-0.3, -0.25) is 0 Å². The van der Waals surface area contributed by atoms with Gasteiger partial charge in [0.15, 0.2) is 0 Å². The summed E-state index contributed by atoms with van der Waals surface area (Å²) in [6, 6.07) is 0. The monoisotopic (exact) mass is 236 g/mol. The zero-order chi connectivity index (χ0) is 12.3. The van der Waals surface area contributed by atoms with Crippen LogP contribution in [0.3, 0.4) is 0 Å². The number of hydrogen-bond donors (Lipinski definition) is 1. The number of aliphatic hydroxyl groups is 1. The van der Waals surface area contributed by atoms with E-state index in [0.29, 0.717) is 5.92 Å². The maximum atomic E-state index is 10.4. The van der Waals surface area contributed by atoms with Crippen LogP contribution in [0.5, 0.6) is 0 Å². The molecule has 1 aromatic rings. The van der Waals surface area contributed by atoms with Crippen LogP contribution < -0.4 is 0 Å². The van der Waals surface area contributed by atoms with Crippen molar-refractivity contribution in [3.8, 4) is 0 Å². The van der Waals surface area contributed by atoms with Gasteiger partial charge >= 0.3 is 0 Å². The molecule has 1 aliphatic rings. The smallest absolute Gasteiger partial charge is 0.0983 e. The SMILES string of the molecule is CCC1CCC(C(O)c2cncn2CC)CC1. The second kappa shape index (κ2) is 5.67. The van der Waals surface area contributed by atoms with Crippen LogP contribution in [0.15, 0.2) is 12.5 Å². The molecule has 2 rings (SSSR count). The van der Waals surface area contributed by atoms with Crippen LogP contribution in [-0.4, -0.2) is 14.7 Å². The molecule has 1 saturated carbocycles. The zero-order valence-electron chi connectivity index (χ0n) is 11.0. The maximum absolute atomic E-state index is 10.4. The Hall–Kier alpha value is -0.830. The van der Waals surface area contributed by atoms with Crippen molar-refractivity contribution in [1.82, 2.24) is 9.55 Å². The molecule has 96 valence electrons. The zero-order valence-corrected chi connectivity index (χ0v) is 11.0. The Kier molecular flexibility index (Phi) is 4.21. The van der Waals surface area contributed by atoms with Crippen molar-refractivity contribution < 1.29 is 5.11 Å². The van der Waals surface area contributed by atoms with Gasteiger partial charge in [-0.25, -0.2) is 4.98 Å². The van der Waals surface area contributed by atoms with Crippen molar-refractivity contribution in [2.75, 3.05) is 0 Å². The lowest BCUT2D eigenvalue weighted by atomic mass is 9.78. The van der Waals surface area contributed by atoms with Crippen molar-refractivity contribution in [1.29, 1.82) is 0 Å². The molecule has 0 spiro atoms. The predicted molar refractivity (Wildman–Crippen MR) is 68.6 cm³/mol. The maximum Gasteiger partial charge on any atom is 0.0983 e. The number of hydrogen-bond acceptors (Lipinski definition) is 2. The molecule has 1 aromatic heterocycles. The molecule has 0 aromatic carbocycles. The summed E-state index contributed by atoms with van der Waals surface area (Å²) < 4.78 is 2.05. The molecule has 0 bridgehead atoms. The molecule has 0 saturated heterocycles. The Morgan fingerprint density at radius 2 is 2.06 bits per heavy atom.